The molecule has 23 heavy (non-hydrogen) atoms. The zero-order chi connectivity index (χ0) is 15.9. The second-order valence-electron chi connectivity index (χ2n) is 6.97. The van der Waals surface area contributed by atoms with Gasteiger partial charge in [-0.15, -0.1) is 12.4 Å². The Hall–Kier alpha value is -0.410. The Kier molecular flexibility index (Phi) is 5.94. The fourth-order valence-corrected chi connectivity index (χ4v) is 5.08. The van der Waals surface area contributed by atoms with Gasteiger partial charge in [0.1, 0.15) is 0 Å². The molecule has 2 saturated carbocycles. The molecule has 3 aliphatic rings. The van der Waals surface area contributed by atoms with Gasteiger partial charge in [-0.1, -0.05) is 6.42 Å². The summed E-state index contributed by atoms with van der Waals surface area (Å²) in [6.45, 7) is 1.47. The zero-order valence-electron chi connectivity index (χ0n) is 13.3. The predicted octanol–water partition coefficient (Wildman–Crippen LogP) is -0.0905. The number of nitrogens with zero attached hydrogens (tertiary/aromatic N) is 2. The number of rotatable bonds is 2. The molecule has 4 N–H and O–H groups in total. The van der Waals surface area contributed by atoms with E-state index >= 15 is 0 Å². The highest BCUT2D eigenvalue weighted by molar-refractivity contribution is 7.86. The minimum Gasteiger partial charge on any atom is -0.340 e. The van der Waals surface area contributed by atoms with Gasteiger partial charge >= 0.3 is 0 Å². The molecule has 9 heteroatoms. The molecule has 1 aliphatic heterocycles. The van der Waals surface area contributed by atoms with Crippen LogP contribution in [0, 0.1) is 17.8 Å². The molecule has 1 heterocycles. The van der Waals surface area contributed by atoms with Gasteiger partial charge in [0.15, 0.2) is 0 Å². The van der Waals surface area contributed by atoms with Crippen molar-refractivity contribution in [1.29, 1.82) is 0 Å². The van der Waals surface area contributed by atoms with Crippen molar-refractivity contribution in [3.8, 4) is 0 Å². The quantitative estimate of drug-likeness (QED) is 0.711. The van der Waals surface area contributed by atoms with Gasteiger partial charge in [0, 0.05) is 38.1 Å². The van der Waals surface area contributed by atoms with Crippen molar-refractivity contribution in [3.05, 3.63) is 0 Å². The first-order valence-corrected chi connectivity index (χ1v) is 9.69. The molecule has 2 bridgehead atoms. The predicted molar refractivity (Wildman–Crippen MR) is 90.0 cm³/mol. The minimum absolute atomic E-state index is 0. The molecule has 7 nitrogen and oxygen atoms in total. The average Bonchev–Trinajstić information content (AvgIpc) is 2.45. The number of fused-ring (bicyclic) bond motifs is 2. The third-order valence-electron chi connectivity index (χ3n) is 5.67. The van der Waals surface area contributed by atoms with Gasteiger partial charge in [-0.2, -0.15) is 12.7 Å². The summed E-state index contributed by atoms with van der Waals surface area (Å²) < 4.78 is 23.9. The van der Waals surface area contributed by atoms with Gasteiger partial charge < -0.3 is 10.6 Å². The first-order valence-electron chi connectivity index (χ1n) is 8.18. The lowest BCUT2D eigenvalue weighted by Gasteiger charge is -2.45. The molecular formula is C14H27ClN4O3S. The lowest BCUT2D eigenvalue weighted by atomic mass is 9.65. The average molecular weight is 367 g/mol. The summed E-state index contributed by atoms with van der Waals surface area (Å²) >= 11 is 0. The second-order valence-corrected chi connectivity index (χ2v) is 8.51. The van der Waals surface area contributed by atoms with Crippen LogP contribution in [0.25, 0.3) is 0 Å². The Morgan fingerprint density at radius 1 is 1.00 bits per heavy atom. The van der Waals surface area contributed by atoms with Crippen LogP contribution in [0.1, 0.15) is 32.1 Å². The molecule has 2 atom stereocenters. The van der Waals surface area contributed by atoms with Crippen molar-refractivity contribution < 1.29 is 13.2 Å². The van der Waals surface area contributed by atoms with Gasteiger partial charge in [-0.25, -0.2) is 5.14 Å². The summed E-state index contributed by atoms with van der Waals surface area (Å²) in [6, 6.07) is 0.261. The number of piperazine rings is 1. The van der Waals surface area contributed by atoms with Crippen LogP contribution >= 0.6 is 12.4 Å². The Morgan fingerprint density at radius 2 is 1.52 bits per heavy atom. The van der Waals surface area contributed by atoms with E-state index in [4.69, 9.17) is 10.9 Å². The molecule has 2 unspecified atom stereocenters. The van der Waals surface area contributed by atoms with Crippen LogP contribution < -0.4 is 10.9 Å². The molecule has 2 aliphatic carbocycles. The van der Waals surface area contributed by atoms with Crippen LogP contribution in [0.2, 0.25) is 0 Å². The number of carbonyl (C=O) groups is 1. The summed E-state index contributed by atoms with van der Waals surface area (Å²) in [5, 5.41) is 5.13. The van der Waals surface area contributed by atoms with Crippen molar-refractivity contribution in [2.75, 3.05) is 26.2 Å². The Bertz CT molecular complexity index is 522. The normalized spacial score (nSPS) is 35.5. The van der Waals surface area contributed by atoms with Crippen LogP contribution in [0.15, 0.2) is 0 Å². The molecule has 0 aromatic rings. The molecular weight excluding hydrogens is 340 g/mol. The van der Waals surface area contributed by atoms with Crippen LogP contribution in [-0.4, -0.2) is 55.8 Å². The van der Waals surface area contributed by atoms with Gasteiger partial charge in [0.2, 0.25) is 5.91 Å². The second kappa shape index (κ2) is 7.23. The SMILES string of the molecule is Cl.NC1C2CCCC1CC(C(=O)N1CCN(S(N)(=O)=O)CC1)C2. The third-order valence-corrected chi connectivity index (χ3v) is 6.76. The number of amides is 1. The van der Waals surface area contributed by atoms with E-state index < -0.39 is 10.2 Å². The van der Waals surface area contributed by atoms with E-state index in [1.54, 1.807) is 4.90 Å². The lowest BCUT2D eigenvalue weighted by molar-refractivity contribution is -0.139. The summed E-state index contributed by atoms with van der Waals surface area (Å²) in [5.74, 6) is 1.20. The van der Waals surface area contributed by atoms with Crippen LogP contribution in [0.4, 0.5) is 0 Å². The van der Waals surface area contributed by atoms with Crippen molar-refractivity contribution in [2.24, 2.45) is 28.6 Å². The highest BCUT2D eigenvalue weighted by Gasteiger charge is 2.42. The third kappa shape index (κ3) is 3.99. The summed E-state index contributed by atoms with van der Waals surface area (Å²) in [5.41, 5.74) is 6.28. The molecule has 3 rings (SSSR count). The zero-order valence-corrected chi connectivity index (χ0v) is 14.9. The molecule has 3 fully saturated rings. The molecule has 0 aromatic carbocycles. The molecule has 0 radical (unpaired) electrons. The topological polar surface area (TPSA) is 110 Å². The highest BCUT2D eigenvalue weighted by atomic mass is 35.5. The maximum atomic E-state index is 12.7. The van der Waals surface area contributed by atoms with E-state index in [0.717, 1.165) is 25.7 Å². The minimum atomic E-state index is -3.64. The molecule has 1 saturated heterocycles. The largest absolute Gasteiger partial charge is 0.340 e. The van der Waals surface area contributed by atoms with Crippen LogP contribution in [0.5, 0.6) is 0 Å². The van der Waals surface area contributed by atoms with Crippen molar-refractivity contribution in [3.63, 3.8) is 0 Å². The van der Waals surface area contributed by atoms with E-state index in [1.807, 2.05) is 0 Å². The summed E-state index contributed by atoms with van der Waals surface area (Å²) in [7, 11) is -3.64. The number of carbonyl (C=O) groups excluding carboxylic acids is 1. The van der Waals surface area contributed by atoms with Crippen LogP contribution in [-0.2, 0) is 15.0 Å². The number of nitrogens with two attached hydrogens (primary N) is 2. The van der Waals surface area contributed by atoms with Gasteiger partial charge in [0.05, 0.1) is 0 Å². The van der Waals surface area contributed by atoms with Gasteiger partial charge in [0.25, 0.3) is 10.2 Å². The Morgan fingerprint density at radius 3 is 2.00 bits per heavy atom. The molecule has 0 aromatic heterocycles. The number of halogens is 1. The molecule has 134 valence electrons. The van der Waals surface area contributed by atoms with Crippen LogP contribution in [0.3, 0.4) is 0 Å². The smallest absolute Gasteiger partial charge is 0.277 e. The first-order chi connectivity index (χ1) is 10.4. The van der Waals surface area contributed by atoms with Crippen molar-refractivity contribution >= 4 is 28.5 Å². The summed E-state index contributed by atoms with van der Waals surface area (Å²) in [4.78, 5) is 14.5. The summed E-state index contributed by atoms with van der Waals surface area (Å²) in [6.07, 6.45) is 5.30. The van der Waals surface area contributed by atoms with E-state index in [-0.39, 0.29) is 30.3 Å². The number of hydrogen-bond acceptors (Lipinski definition) is 4. The Labute approximate surface area is 144 Å². The maximum Gasteiger partial charge on any atom is 0.277 e. The fourth-order valence-electron chi connectivity index (χ4n) is 4.41. The monoisotopic (exact) mass is 366 g/mol. The molecule has 1 amide bonds. The van der Waals surface area contributed by atoms with E-state index in [2.05, 4.69) is 0 Å². The first kappa shape index (κ1) is 18.9. The Balaban J connectivity index is 0.00000192. The van der Waals surface area contributed by atoms with E-state index in [9.17, 15) is 13.2 Å². The van der Waals surface area contributed by atoms with E-state index in [0.29, 0.717) is 38.0 Å². The number of hydrogen-bond donors (Lipinski definition) is 2. The lowest BCUT2D eigenvalue weighted by Crippen LogP contribution is -2.55. The van der Waals surface area contributed by atoms with E-state index in [1.165, 1.54) is 10.7 Å². The van der Waals surface area contributed by atoms with Crippen molar-refractivity contribution in [2.45, 2.75) is 38.1 Å². The highest BCUT2D eigenvalue weighted by Crippen LogP contribution is 2.42. The van der Waals surface area contributed by atoms with Gasteiger partial charge in [-0.3, -0.25) is 4.79 Å². The standard InChI is InChI=1S/C14H26N4O3S.ClH/c15-13-10-2-1-3-11(13)9-12(8-10)14(19)17-4-6-18(7-5-17)22(16,20)21;/h10-13H,1-9,15H2,(H2,16,20,21);1H. The van der Waals surface area contributed by atoms with Gasteiger partial charge in [-0.05, 0) is 37.5 Å². The van der Waals surface area contributed by atoms with Crippen molar-refractivity contribution in [1.82, 2.24) is 9.21 Å². The molecule has 0 spiro atoms. The maximum absolute atomic E-state index is 12.7. The fraction of sp³-hybridized carbons (Fsp3) is 0.929.